The second-order valence-electron chi connectivity index (χ2n) is 5.04. The lowest BCUT2D eigenvalue weighted by molar-refractivity contribution is 0.632. The van der Waals surface area contributed by atoms with Gasteiger partial charge in [-0.05, 0) is 18.6 Å². The van der Waals surface area contributed by atoms with Gasteiger partial charge in [-0.3, -0.25) is 9.36 Å². The summed E-state index contributed by atoms with van der Waals surface area (Å²) in [4.78, 5) is 32.5. The number of aryl methyl sites for hydroxylation is 1. The Kier molecular flexibility index (Phi) is 3.29. The van der Waals surface area contributed by atoms with Crippen LogP contribution in [0.5, 0.6) is 0 Å². The highest BCUT2D eigenvalue weighted by Gasteiger charge is 2.19. The van der Waals surface area contributed by atoms with E-state index in [4.69, 9.17) is 0 Å². The number of hydrogen-bond donors (Lipinski definition) is 0. The molecule has 6 nitrogen and oxygen atoms in total. The maximum Gasteiger partial charge on any atom is 0.352 e. The van der Waals surface area contributed by atoms with E-state index in [9.17, 15) is 9.59 Å². The summed E-state index contributed by atoms with van der Waals surface area (Å²) in [6.45, 7) is 2.80. The minimum atomic E-state index is -0.546. The smallest absolute Gasteiger partial charge is 0.322 e. The zero-order chi connectivity index (χ0) is 15.0. The fraction of sp³-hybridized carbons (Fsp3) is 0.333. The second-order valence-corrected chi connectivity index (χ2v) is 5.04. The average Bonchev–Trinajstić information content (AvgIpc) is 2.50. The number of rotatable bonds is 3. The molecular weight excluding hydrogens is 268 g/mol. The Morgan fingerprint density at radius 1 is 1.14 bits per heavy atom. The highest BCUT2D eigenvalue weighted by Crippen LogP contribution is 2.20. The molecule has 0 aromatic heterocycles. The van der Waals surface area contributed by atoms with E-state index in [1.807, 2.05) is 28.8 Å². The van der Waals surface area contributed by atoms with Crippen LogP contribution in [0.1, 0.15) is 19.8 Å². The van der Waals surface area contributed by atoms with Gasteiger partial charge < -0.3 is 4.57 Å². The van der Waals surface area contributed by atoms with Crippen LogP contribution in [0.4, 0.5) is 0 Å². The van der Waals surface area contributed by atoms with Crippen LogP contribution in [0.15, 0.2) is 33.9 Å². The maximum absolute atomic E-state index is 12.3. The summed E-state index contributed by atoms with van der Waals surface area (Å²) in [7, 11) is 1.42. The average molecular weight is 284 g/mol. The largest absolute Gasteiger partial charge is 0.352 e. The van der Waals surface area contributed by atoms with Gasteiger partial charge in [0.1, 0.15) is 0 Å². The summed E-state index contributed by atoms with van der Waals surface area (Å²) in [5.74, 6) is 0.371. The molecule has 108 valence electrons. The van der Waals surface area contributed by atoms with Gasteiger partial charge in [-0.15, -0.1) is 0 Å². The minimum absolute atomic E-state index is 0.243. The molecule has 0 unspecified atom stereocenters. The van der Waals surface area contributed by atoms with Gasteiger partial charge in [-0.1, -0.05) is 25.5 Å². The van der Waals surface area contributed by atoms with Gasteiger partial charge in [0.15, 0.2) is 11.5 Å². The van der Waals surface area contributed by atoms with Crippen LogP contribution >= 0.6 is 0 Å². The van der Waals surface area contributed by atoms with Crippen LogP contribution in [0.25, 0.3) is 22.6 Å². The van der Waals surface area contributed by atoms with Crippen molar-refractivity contribution in [2.75, 3.05) is 0 Å². The molecule has 1 aromatic carbocycles. The molecule has 0 bridgehead atoms. The predicted molar refractivity (Wildman–Crippen MR) is 80.6 cm³/mol. The van der Waals surface area contributed by atoms with Crippen molar-refractivity contribution in [2.45, 2.75) is 26.3 Å². The molecular formula is C15H16N4O2. The van der Waals surface area contributed by atoms with Crippen molar-refractivity contribution in [1.82, 2.24) is 19.1 Å². The molecule has 2 heterocycles. The number of unbranched alkanes of at least 4 members (excludes halogenated alkanes) is 1. The summed E-state index contributed by atoms with van der Waals surface area (Å²) < 4.78 is 2.91. The number of hydrogen-bond acceptors (Lipinski definition) is 4. The Morgan fingerprint density at radius 2 is 1.90 bits per heavy atom. The van der Waals surface area contributed by atoms with Gasteiger partial charge in [-0.25, -0.2) is 9.78 Å². The van der Waals surface area contributed by atoms with Crippen molar-refractivity contribution in [3.8, 4) is 11.5 Å². The molecule has 21 heavy (non-hydrogen) atoms. The van der Waals surface area contributed by atoms with E-state index in [0.29, 0.717) is 12.4 Å². The second kappa shape index (κ2) is 5.12. The lowest BCUT2D eigenvalue weighted by atomic mass is 10.2. The van der Waals surface area contributed by atoms with Gasteiger partial charge in [0.05, 0.1) is 11.0 Å². The third-order valence-electron chi connectivity index (χ3n) is 3.60. The standard InChI is InChI=1S/C15H16N4O2/c1-3-4-9-19-11-8-6-5-7-10(11)16-12-13(19)17-15(21)18(2)14(12)20/h5-8H,3-4,9H2,1-2H3. The molecule has 6 heteroatoms. The SMILES string of the molecule is CCCCn1c2nc(=O)n(C)c(=O)c-2nc2ccccc21. The molecule has 0 spiro atoms. The summed E-state index contributed by atoms with van der Waals surface area (Å²) >= 11 is 0. The van der Waals surface area contributed by atoms with Gasteiger partial charge >= 0.3 is 5.69 Å². The molecule has 0 saturated heterocycles. The van der Waals surface area contributed by atoms with Gasteiger partial charge in [0.25, 0.3) is 5.56 Å². The molecule has 1 aromatic rings. The fourth-order valence-electron chi connectivity index (χ4n) is 2.41. The lowest BCUT2D eigenvalue weighted by Gasteiger charge is -2.16. The van der Waals surface area contributed by atoms with Gasteiger partial charge in [0, 0.05) is 13.6 Å². The topological polar surface area (TPSA) is 69.8 Å². The van der Waals surface area contributed by atoms with Crippen LogP contribution in [0, 0.1) is 0 Å². The number of nitrogens with zero attached hydrogens (tertiary/aromatic N) is 4. The van der Waals surface area contributed by atoms with E-state index in [0.717, 1.165) is 28.4 Å². The Morgan fingerprint density at radius 3 is 2.67 bits per heavy atom. The first kappa shape index (κ1) is 13.5. The quantitative estimate of drug-likeness (QED) is 0.682. The molecule has 2 aliphatic rings. The Balaban J connectivity index is 2.47. The zero-order valence-electron chi connectivity index (χ0n) is 12.0. The van der Waals surface area contributed by atoms with E-state index in [2.05, 4.69) is 16.9 Å². The maximum atomic E-state index is 12.3. The Bertz CT molecular complexity index is 894. The van der Waals surface area contributed by atoms with Gasteiger partial charge in [-0.2, -0.15) is 4.98 Å². The minimum Gasteiger partial charge on any atom is -0.322 e. The predicted octanol–water partition coefficient (Wildman–Crippen LogP) is 1.40. The van der Waals surface area contributed by atoms with Crippen molar-refractivity contribution in [2.24, 2.45) is 7.05 Å². The van der Waals surface area contributed by atoms with Crippen LogP contribution in [0.2, 0.25) is 0 Å². The molecule has 0 amide bonds. The van der Waals surface area contributed by atoms with E-state index in [1.54, 1.807) is 0 Å². The first-order chi connectivity index (χ1) is 10.1. The highest BCUT2D eigenvalue weighted by molar-refractivity contribution is 5.79. The Labute approximate surface area is 121 Å². The van der Waals surface area contributed by atoms with E-state index < -0.39 is 11.2 Å². The Hall–Kier alpha value is -2.50. The van der Waals surface area contributed by atoms with Crippen molar-refractivity contribution in [1.29, 1.82) is 0 Å². The molecule has 0 atom stereocenters. The first-order valence-corrected chi connectivity index (χ1v) is 7.00. The number of para-hydroxylation sites is 2. The normalized spacial score (nSPS) is 11.3. The monoisotopic (exact) mass is 284 g/mol. The number of benzene rings is 1. The summed E-state index contributed by atoms with van der Waals surface area (Å²) in [5, 5.41) is 0. The highest BCUT2D eigenvalue weighted by atomic mass is 16.2. The summed E-state index contributed by atoms with van der Waals surface area (Å²) in [5.41, 5.74) is 0.917. The molecule has 0 saturated carbocycles. The first-order valence-electron chi connectivity index (χ1n) is 7.00. The van der Waals surface area contributed by atoms with Crippen molar-refractivity contribution < 1.29 is 0 Å². The molecule has 0 radical (unpaired) electrons. The van der Waals surface area contributed by atoms with E-state index >= 15 is 0 Å². The lowest BCUT2D eigenvalue weighted by Crippen LogP contribution is -2.36. The molecule has 2 aliphatic heterocycles. The van der Waals surface area contributed by atoms with E-state index in [-0.39, 0.29) is 5.69 Å². The fourth-order valence-corrected chi connectivity index (χ4v) is 2.41. The summed E-state index contributed by atoms with van der Waals surface area (Å²) in [6.07, 6.45) is 1.96. The van der Waals surface area contributed by atoms with Crippen molar-refractivity contribution in [3.63, 3.8) is 0 Å². The molecule has 3 rings (SSSR count). The molecule has 0 aliphatic carbocycles. The van der Waals surface area contributed by atoms with E-state index in [1.165, 1.54) is 7.05 Å². The third-order valence-corrected chi connectivity index (χ3v) is 3.60. The van der Waals surface area contributed by atoms with Crippen LogP contribution in [-0.2, 0) is 13.6 Å². The van der Waals surface area contributed by atoms with Crippen molar-refractivity contribution in [3.05, 3.63) is 45.1 Å². The zero-order valence-corrected chi connectivity index (χ0v) is 12.0. The van der Waals surface area contributed by atoms with Crippen molar-refractivity contribution >= 4 is 11.0 Å². The summed E-state index contributed by atoms with van der Waals surface area (Å²) in [6, 6.07) is 7.59. The number of fused-ring (bicyclic) bond motifs is 2. The van der Waals surface area contributed by atoms with Crippen LogP contribution < -0.4 is 11.2 Å². The molecule has 0 N–H and O–H groups in total. The van der Waals surface area contributed by atoms with Crippen LogP contribution in [0.3, 0.4) is 0 Å². The molecule has 0 fully saturated rings. The third kappa shape index (κ3) is 2.12. The number of aromatic nitrogens is 4. The van der Waals surface area contributed by atoms with Gasteiger partial charge in [0.2, 0.25) is 0 Å². The van der Waals surface area contributed by atoms with Crippen LogP contribution in [-0.4, -0.2) is 19.1 Å².